The van der Waals surface area contributed by atoms with Crippen LogP contribution in [0.2, 0.25) is 0 Å². The molecule has 4 nitrogen and oxygen atoms in total. The Bertz CT molecular complexity index is 622. The fraction of sp³-hybridized carbons (Fsp3) is 0.926. The minimum Gasteiger partial charge on any atom is -0.351 e. The van der Waals surface area contributed by atoms with Crippen molar-refractivity contribution in [3.8, 4) is 0 Å². The van der Waals surface area contributed by atoms with E-state index in [2.05, 4.69) is 59.1 Å². The van der Waals surface area contributed by atoms with Crippen LogP contribution in [0.5, 0.6) is 0 Å². The highest BCUT2D eigenvalue weighted by Crippen LogP contribution is 2.50. The number of thioether (sulfide) groups is 1. The summed E-state index contributed by atoms with van der Waals surface area (Å²) in [4.78, 5) is 26.2. The third-order valence-electron chi connectivity index (χ3n) is 6.61. The van der Waals surface area contributed by atoms with Crippen LogP contribution in [0.25, 0.3) is 0 Å². The summed E-state index contributed by atoms with van der Waals surface area (Å²) in [7, 11) is 0. The van der Waals surface area contributed by atoms with E-state index < -0.39 is 5.41 Å². The first-order chi connectivity index (χ1) is 14.3. The molecular weight excluding hydrogens is 416 g/mol. The summed E-state index contributed by atoms with van der Waals surface area (Å²) in [5, 5.41) is 6.39. The lowest BCUT2D eigenvalue weighted by molar-refractivity contribution is -0.132. The quantitative estimate of drug-likeness (QED) is 0.319. The molecule has 0 bridgehead atoms. The normalized spacial score (nSPS) is 19.3. The van der Waals surface area contributed by atoms with E-state index in [-0.39, 0.29) is 38.3 Å². The van der Waals surface area contributed by atoms with Crippen LogP contribution in [0.3, 0.4) is 0 Å². The molecule has 0 aromatic rings. The van der Waals surface area contributed by atoms with Gasteiger partial charge in [-0.2, -0.15) is 0 Å². The fourth-order valence-electron chi connectivity index (χ4n) is 4.18. The lowest BCUT2D eigenvalue weighted by Crippen LogP contribution is -2.50. The first-order valence-corrected chi connectivity index (χ1v) is 13.4. The van der Waals surface area contributed by atoms with Crippen molar-refractivity contribution in [2.24, 2.45) is 11.3 Å². The van der Waals surface area contributed by atoms with E-state index in [0.717, 1.165) is 38.5 Å². The maximum atomic E-state index is 13.2. The molecule has 0 saturated heterocycles. The van der Waals surface area contributed by atoms with Crippen molar-refractivity contribution in [1.82, 2.24) is 10.6 Å². The number of carbonyl (C=O) groups excluding carboxylic acids is 2. The first-order valence-electron chi connectivity index (χ1n) is 12.6. The fourth-order valence-corrected chi connectivity index (χ4v) is 6.34. The van der Waals surface area contributed by atoms with Crippen LogP contribution in [0.15, 0.2) is 0 Å². The Morgan fingerprint density at radius 3 is 1.53 bits per heavy atom. The van der Waals surface area contributed by atoms with Crippen molar-refractivity contribution in [3.63, 3.8) is 0 Å². The summed E-state index contributed by atoms with van der Waals surface area (Å²) < 4.78 is -0.0840. The Kier molecular flexibility index (Phi) is 11.4. The lowest BCUT2D eigenvalue weighted by Gasteiger charge is -2.44. The molecule has 0 saturated carbocycles. The molecule has 0 aliphatic carbocycles. The summed E-state index contributed by atoms with van der Waals surface area (Å²) in [5.74, 6) is 0.290. The number of carbonyl (C=O) groups is 2. The van der Waals surface area contributed by atoms with Gasteiger partial charge in [-0.3, -0.25) is 9.59 Å². The summed E-state index contributed by atoms with van der Waals surface area (Å²) in [6.45, 7) is 27.6. The number of amides is 2. The van der Waals surface area contributed by atoms with Crippen LogP contribution >= 0.6 is 11.8 Å². The van der Waals surface area contributed by atoms with E-state index in [0.29, 0.717) is 0 Å². The van der Waals surface area contributed by atoms with Crippen LogP contribution < -0.4 is 10.6 Å². The van der Waals surface area contributed by atoms with Gasteiger partial charge in [-0.05, 0) is 80.1 Å². The summed E-state index contributed by atoms with van der Waals surface area (Å²) >= 11 is 1.99. The molecular formula is C27H54N2O2S. The minimum atomic E-state index is -0.423. The zero-order valence-electron chi connectivity index (χ0n) is 23.5. The molecule has 2 N–H and O–H groups in total. The van der Waals surface area contributed by atoms with Gasteiger partial charge in [0.1, 0.15) is 0 Å². The van der Waals surface area contributed by atoms with Crippen molar-refractivity contribution in [2.75, 3.05) is 0 Å². The molecule has 0 rings (SSSR count). The predicted octanol–water partition coefficient (Wildman–Crippen LogP) is 7.11. The van der Waals surface area contributed by atoms with Crippen molar-refractivity contribution in [3.05, 3.63) is 0 Å². The monoisotopic (exact) mass is 470 g/mol. The van der Waals surface area contributed by atoms with Crippen molar-refractivity contribution < 1.29 is 9.59 Å². The molecule has 0 aromatic heterocycles. The lowest BCUT2D eigenvalue weighted by atomic mass is 9.76. The molecule has 0 heterocycles. The molecule has 0 radical (unpaired) electrons. The Balaban J connectivity index is 5.70. The third-order valence-corrected chi connectivity index (χ3v) is 8.48. The van der Waals surface area contributed by atoms with Crippen LogP contribution in [0, 0.1) is 11.3 Å². The first kappa shape index (κ1) is 31.3. The maximum Gasteiger partial charge on any atom is 0.226 e. The Hall–Kier alpha value is -0.710. The molecule has 4 atom stereocenters. The molecule has 2 amide bonds. The van der Waals surface area contributed by atoms with E-state index in [1.807, 2.05) is 53.3 Å². The third kappa shape index (κ3) is 10.5. The Morgan fingerprint density at radius 1 is 0.719 bits per heavy atom. The molecule has 32 heavy (non-hydrogen) atoms. The Labute approximate surface area is 204 Å². The molecule has 0 aliphatic rings. The SMILES string of the molecule is CCC(CC(C)(CC)SC(C)(CC)CC(C)(CC)C(=O)NC(C)(C)C)C(=O)NC(C)(C)C. The molecule has 190 valence electrons. The second-order valence-corrected chi connectivity index (χ2v) is 14.7. The zero-order chi connectivity index (χ0) is 25.6. The van der Waals surface area contributed by atoms with E-state index in [9.17, 15) is 9.59 Å². The van der Waals surface area contributed by atoms with Gasteiger partial charge in [0.15, 0.2) is 0 Å². The van der Waals surface area contributed by atoms with Gasteiger partial charge in [0.25, 0.3) is 0 Å². The van der Waals surface area contributed by atoms with E-state index in [1.54, 1.807) is 0 Å². The predicted molar refractivity (Wildman–Crippen MR) is 142 cm³/mol. The average molecular weight is 471 g/mol. The van der Waals surface area contributed by atoms with E-state index in [1.165, 1.54) is 0 Å². The van der Waals surface area contributed by atoms with Gasteiger partial charge < -0.3 is 10.6 Å². The zero-order valence-corrected chi connectivity index (χ0v) is 24.4. The minimum absolute atomic E-state index is 0.00507. The van der Waals surface area contributed by atoms with Gasteiger partial charge >= 0.3 is 0 Å². The molecule has 4 unspecified atom stereocenters. The highest BCUT2D eigenvalue weighted by Gasteiger charge is 2.44. The second-order valence-electron chi connectivity index (χ2n) is 12.6. The molecule has 0 aromatic carbocycles. The highest BCUT2D eigenvalue weighted by molar-refractivity contribution is 8.02. The van der Waals surface area contributed by atoms with E-state index >= 15 is 0 Å². The smallest absolute Gasteiger partial charge is 0.226 e. The number of hydrogen-bond acceptors (Lipinski definition) is 3. The molecule has 0 fully saturated rings. The second kappa shape index (κ2) is 11.6. The molecule has 5 heteroatoms. The average Bonchev–Trinajstić information content (AvgIpc) is 2.63. The van der Waals surface area contributed by atoms with Crippen LogP contribution in [-0.2, 0) is 9.59 Å². The van der Waals surface area contributed by atoms with Gasteiger partial charge in [-0.15, -0.1) is 11.8 Å². The number of nitrogens with one attached hydrogen (secondary N) is 2. The van der Waals surface area contributed by atoms with E-state index in [4.69, 9.17) is 0 Å². The number of rotatable bonds is 12. The summed E-state index contributed by atoms with van der Waals surface area (Å²) in [5.41, 5.74) is -0.884. The largest absolute Gasteiger partial charge is 0.351 e. The van der Waals surface area contributed by atoms with Gasteiger partial charge in [0.05, 0.1) is 0 Å². The van der Waals surface area contributed by atoms with Crippen molar-refractivity contribution in [1.29, 1.82) is 0 Å². The molecule has 0 aliphatic heterocycles. The summed E-state index contributed by atoms with van der Waals surface area (Å²) in [6, 6.07) is 0. The van der Waals surface area contributed by atoms with Gasteiger partial charge in [0, 0.05) is 31.9 Å². The number of hydrogen-bond donors (Lipinski definition) is 2. The van der Waals surface area contributed by atoms with Gasteiger partial charge in [-0.25, -0.2) is 0 Å². The van der Waals surface area contributed by atoms with Crippen LogP contribution in [-0.4, -0.2) is 32.4 Å². The topological polar surface area (TPSA) is 58.2 Å². The summed E-state index contributed by atoms with van der Waals surface area (Å²) in [6.07, 6.45) is 5.28. The molecule has 0 spiro atoms. The van der Waals surface area contributed by atoms with Gasteiger partial charge in [-0.1, -0.05) is 48.5 Å². The highest BCUT2D eigenvalue weighted by atomic mass is 32.2. The van der Waals surface area contributed by atoms with Crippen molar-refractivity contribution >= 4 is 23.6 Å². The standard InChI is InChI=1S/C27H54N2O2S/c1-14-20(21(30)28-23(5,6)7)18-26(12,16-3)32-27(13,17-4)19-25(11,15-2)22(31)29-24(8,9)10/h20H,14-19H2,1-13H3,(H,28,30)(H,29,31). The maximum absolute atomic E-state index is 13.2. The van der Waals surface area contributed by atoms with Gasteiger partial charge in [0.2, 0.25) is 11.8 Å². The van der Waals surface area contributed by atoms with Crippen molar-refractivity contribution in [2.45, 2.75) is 149 Å². The van der Waals surface area contributed by atoms with Crippen LogP contribution in [0.1, 0.15) is 129 Å². The van der Waals surface area contributed by atoms with Crippen LogP contribution in [0.4, 0.5) is 0 Å². The Morgan fingerprint density at radius 2 is 1.19 bits per heavy atom.